The summed E-state index contributed by atoms with van der Waals surface area (Å²) in [6.45, 7) is 1.70. The first-order chi connectivity index (χ1) is 7.43. The van der Waals surface area contributed by atoms with Crippen molar-refractivity contribution in [2.75, 3.05) is 11.4 Å². The molecule has 6 nitrogen and oxygen atoms in total. The van der Waals surface area contributed by atoms with E-state index in [1.165, 1.54) is 12.7 Å². The van der Waals surface area contributed by atoms with Crippen molar-refractivity contribution in [1.29, 1.82) is 0 Å². The molecule has 0 fully saturated rings. The van der Waals surface area contributed by atoms with Crippen LogP contribution < -0.4 is 4.90 Å². The number of anilines is 1. The van der Waals surface area contributed by atoms with Crippen LogP contribution in [0.2, 0.25) is 0 Å². The summed E-state index contributed by atoms with van der Waals surface area (Å²) in [4.78, 5) is 21.6. The minimum absolute atomic E-state index is 0.727. The van der Waals surface area contributed by atoms with E-state index >= 15 is 0 Å². The van der Waals surface area contributed by atoms with Crippen LogP contribution in [0.4, 0.5) is 5.95 Å². The van der Waals surface area contributed by atoms with E-state index < -0.39 is 0 Å². The molecule has 2 aromatic heterocycles. The Bertz CT molecular complexity index is 451. The lowest BCUT2D eigenvalue weighted by Crippen LogP contribution is -2.31. The van der Waals surface area contributed by atoms with Crippen LogP contribution in [0, 0.1) is 0 Å². The lowest BCUT2D eigenvalue weighted by molar-refractivity contribution is 0.686. The number of rotatable bonds is 1. The number of fused-ring (bicyclic) bond motifs is 1. The second-order valence-electron chi connectivity index (χ2n) is 3.44. The molecule has 3 heterocycles. The maximum absolute atomic E-state index is 4.25. The summed E-state index contributed by atoms with van der Waals surface area (Å²) in [5.74, 6) is 0.727. The lowest BCUT2D eigenvalue weighted by atomic mass is 10.1. The molecule has 0 spiro atoms. The first kappa shape index (κ1) is 8.34. The maximum atomic E-state index is 4.25. The van der Waals surface area contributed by atoms with Crippen molar-refractivity contribution in [2.24, 2.45) is 0 Å². The van der Waals surface area contributed by atoms with Crippen molar-refractivity contribution in [3.63, 3.8) is 0 Å². The Labute approximate surface area is 86.4 Å². The Morgan fingerprint density at radius 1 is 1.20 bits per heavy atom. The Morgan fingerprint density at radius 3 is 2.93 bits per heavy atom. The van der Waals surface area contributed by atoms with Gasteiger partial charge in [-0.1, -0.05) is 0 Å². The van der Waals surface area contributed by atoms with Gasteiger partial charge in [-0.2, -0.15) is 0 Å². The quantitative estimate of drug-likeness (QED) is 0.713. The van der Waals surface area contributed by atoms with Gasteiger partial charge < -0.3 is 9.88 Å². The van der Waals surface area contributed by atoms with Gasteiger partial charge in [-0.25, -0.2) is 19.9 Å². The zero-order valence-electron chi connectivity index (χ0n) is 8.09. The summed E-state index contributed by atoms with van der Waals surface area (Å²) < 4.78 is 0. The summed E-state index contributed by atoms with van der Waals surface area (Å²) in [6.07, 6.45) is 5.71. The third-order valence-corrected chi connectivity index (χ3v) is 2.54. The minimum Gasteiger partial charge on any atom is -0.347 e. The van der Waals surface area contributed by atoms with E-state index in [2.05, 4.69) is 29.8 Å². The van der Waals surface area contributed by atoms with Crippen molar-refractivity contribution in [2.45, 2.75) is 13.0 Å². The molecule has 15 heavy (non-hydrogen) atoms. The Morgan fingerprint density at radius 2 is 2.07 bits per heavy atom. The smallest absolute Gasteiger partial charge is 0.228 e. The first-order valence-corrected chi connectivity index (χ1v) is 4.81. The molecule has 0 aromatic carbocycles. The summed E-state index contributed by atoms with van der Waals surface area (Å²) in [5.41, 5.74) is 2.31. The number of aromatic amines is 1. The second-order valence-corrected chi connectivity index (χ2v) is 3.44. The highest BCUT2D eigenvalue weighted by Gasteiger charge is 2.19. The Hall–Kier alpha value is -1.98. The van der Waals surface area contributed by atoms with Crippen molar-refractivity contribution in [3.8, 4) is 0 Å². The highest BCUT2D eigenvalue weighted by atomic mass is 15.3. The lowest BCUT2D eigenvalue weighted by Gasteiger charge is -2.25. The highest BCUT2D eigenvalue weighted by Crippen LogP contribution is 2.17. The standard InChI is InChI=1S/C9H10N6/c1-2-15(9-13-4-10-5-14-9)3-8-7(1)11-6-12-8/h4-6H,1-3H2,(H,11,12). The molecule has 1 aliphatic heterocycles. The van der Waals surface area contributed by atoms with Gasteiger partial charge in [0.15, 0.2) is 0 Å². The third kappa shape index (κ3) is 1.43. The van der Waals surface area contributed by atoms with Crippen LogP contribution in [0.1, 0.15) is 11.4 Å². The van der Waals surface area contributed by atoms with Gasteiger partial charge in [0.1, 0.15) is 12.7 Å². The fraction of sp³-hybridized carbons (Fsp3) is 0.333. The highest BCUT2D eigenvalue weighted by molar-refractivity contribution is 5.33. The summed E-state index contributed by atoms with van der Waals surface area (Å²) in [7, 11) is 0. The van der Waals surface area contributed by atoms with Crippen LogP contribution in [0.5, 0.6) is 0 Å². The van der Waals surface area contributed by atoms with Gasteiger partial charge in [0.05, 0.1) is 24.3 Å². The van der Waals surface area contributed by atoms with Crippen LogP contribution >= 0.6 is 0 Å². The Balaban J connectivity index is 1.88. The topological polar surface area (TPSA) is 70.6 Å². The van der Waals surface area contributed by atoms with Gasteiger partial charge in [-0.15, -0.1) is 0 Å². The number of nitrogens with one attached hydrogen (secondary N) is 1. The maximum Gasteiger partial charge on any atom is 0.228 e. The molecule has 0 radical (unpaired) electrons. The van der Waals surface area contributed by atoms with E-state index in [0.29, 0.717) is 0 Å². The monoisotopic (exact) mass is 202 g/mol. The molecule has 76 valence electrons. The SMILES string of the molecule is c1ncnc(N2CCc3nc[nH]c3C2)n1. The predicted molar refractivity (Wildman–Crippen MR) is 53.2 cm³/mol. The van der Waals surface area contributed by atoms with Gasteiger partial charge in [0, 0.05) is 13.0 Å². The van der Waals surface area contributed by atoms with E-state index in [1.807, 2.05) is 0 Å². The molecule has 0 unspecified atom stereocenters. The molecular weight excluding hydrogens is 192 g/mol. The fourth-order valence-corrected chi connectivity index (χ4v) is 1.78. The number of H-pyrrole nitrogens is 1. The summed E-state index contributed by atoms with van der Waals surface area (Å²) in [5, 5.41) is 0. The molecule has 1 N–H and O–H groups in total. The van der Waals surface area contributed by atoms with Crippen LogP contribution in [0.3, 0.4) is 0 Å². The fourth-order valence-electron chi connectivity index (χ4n) is 1.78. The normalized spacial score (nSPS) is 15.1. The average Bonchev–Trinajstić information content (AvgIpc) is 2.77. The molecule has 3 rings (SSSR count). The van der Waals surface area contributed by atoms with Crippen LogP contribution in [-0.2, 0) is 13.0 Å². The van der Waals surface area contributed by atoms with Gasteiger partial charge in [0.25, 0.3) is 0 Å². The molecular formula is C9H10N6. The van der Waals surface area contributed by atoms with E-state index in [0.717, 1.165) is 36.8 Å². The molecule has 0 aliphatic carbocycles. The molecule has 6 heteroatoms. The van der Waals surface area contributed by atoms with Crippen LogP contribution in [0.15, 0.2) is 19.0 Å². The predicted octanol–water partition coefficient (Wildman–Crippen LogP) is 0.157. The van der Waals surface area contributed by atoms with Gasteiger partial charge >= 0.3 is 0 Å². The molecule has 0 atom stereocenters. The summed E-state index contributed by atoms with van der Waals surface area (Å²) in [6, 6.07) is 0. The van der Waals surface area contributed by atoms with Crippen molar-refractivity contribution in [1.82, 2.24) is 24.9 Å². The molecule has 0 saturated carbocycles. The van der Waals surface area contributed by atoms with Gasteiger partial charge in [0.2, 0.25) is 5.95 Å². The van der Waals surface area contributed by atoms with Gasteiger partial charge in [-0.05, 0) is 0 Å². The molecule has 2 aromatic rings. The van der Waals surface area contributed by atoms with Crippen molar-refractivity contribution >= 4 is 5.95 Å². The molecule has 0 bridgehead atoms. The number of nitrogens with zero attached hydrogens (tertiary/aromatic N) is 5. The Kier molecular flexibility index (Phi) is 1.84. The summed E-state index contributed by atoms with van der Waals surface area (Å²) >= 11 is 0. The third-order valence-electron chi connectivity index (χ3n) is 2.54. The van der Waals surface area contributed by atoms with E-state index in [-0.39, 0.29) is 0 Å². The number of hydrogen-bond donors (Lipinski definition) is 1. The largest absolute Gasteiger partial charge is 0.347 e. The molecule has 0 saturated heterocycles. The minimum atomic E-state index is 0.727. The first-order valence-electron chi connectivity index (χ1n) is 4.81. The second kappa shape index (κ2) is 3.30. The number of aromatic nitrogens is 5. The average molecular weight is 202 g/mol. The molecule has 0 amide bonds. The van der Waals surface area contributed by atoms with E-state index in [1.54, 1.807) is 6.33 Å². The van der Waals surface area contributed by atoms with Crippen LogP contribution in [0.25, 0.3) is 0 Å². The van der Waals surface area contributed by atoms with Gasteiger partial charge in [-0.3, -0.25) is 0 Å². The van der Waals surface area contributed by atoms with E-state index in [9.17, 15) is 0 Å². The zero-order valence-corrected chi connectivity index (χ0v) is 8.09. The zero-order chi connectivity index (χ0) is 10.1. The molecule has 1 aliphatic rings. The number of imidazole rings is 1. The van der Waals surface area contributed by atoms with Crippen molar-refractivity contribution in [3.05, 3.63) is 30.4 Å². The van der Waals surface area contributed by atoms with E-state index in [4.69, 9.17) is 0 Å². The van der Waals surface area contributed by atoms with Crippen molar-refractivity contribution < 1.29 is 0 Å². The van der Waals surface area contributed by atoms with Crippen LogP contribution in [-0.4, -0.2) is 31.5 Å². The number of hydrogen-bond acceptors (Lipinski definition) is 5.